The zero-order chi connectivity index (χ0) is 15.4. The van der Waals surface area contributed by atoms with E-state index in [9.17, 15) is 9.59 Å². The molecular weight excluding hydrogens is 272 g/mol. The van der Waals surface area contributed by atoms with Crippen molar-refractivity contribution >= 4 is 5.97 Å². The lowest BCUT2D eigenvalue weighted by molar-refractivity contribution is -0.136. The quantitative estimate of drug-likeness (QED) is 0.903. The normalized spacial score (nSPS) is 10.4. The van der Waals surface area contributed by atoms with Gasteiger partial charge in [-0.05, 0) is 26.0 Å². The number of nitrogens with zero attached hydrogens (tertiary/aromatic N) is 2. The van der Waals surface area contributed by atoms with Gasteiger partial charge < -0.3 is 9.84 Å². The van der Waals surface area contributed by atoms with E-state index in [0.717, 1.165) is 0 Å². The van der Waals surface area contributed by atoms with Crippen LogP contribution in [0.15, 0.2) is 35.1 Å². The van der Waals surface area contributed by atoms with E-state index in [1.807, 2.05) is 19.1 Å². The Kier molecular flexibility index (Phi) is 4.37. The van der Waals surface area contributed by atoms with E-state index in [2.05, 4.69) is 5.10 Å². The number of para-hydroxylation sites is 2. The molecule has 0 fully saturated rings. The number of rotatable bonds is 5. The Bertz CT molecular complexity index is 722. The number of aryl methyl sites for hydroxylation is 1. The second-order valence-corrected chi connectivity index (χ2v) is 4.48. The first-order chi connectivity index (χ1) is 10.0. The fourth-order valence-electron chi connectivity index (χ4n) is 2.00. The average Bonchev–Trinajstić information content (AvgIpc) is 2.43. The fraction of sp³-hybridized carbons (Fsp3) is 0.267. The zero-order valence-corrected chi connectivity index (χ0v) is 11.9. The van der Waals surface area contributed by atoms with Crippen molar-refractivity contribution in [3.8, 4) is 11.4 Å². The minimum atomic E-state index is -1.09. The van der Waals surface area contributed by atoms with Gasteiger partial charge in [0.25, 0.3) is 0 Å². The summed E-state index contributed by atoms with van der Waals surface area (Å²) >= 11 is 0. The number of hydrogen-bond acceptors (Lipinski definition) is 4. The summed E-state index contributed by atoms with van der Waals surface area (Å²) in [6.45, 7) is 4.11. The van der Waals surface area contributed by atoms with E-state index in [4.69, 9.17) is 9.84 Å². The van der Waals surface area contributed by atoms with Crippen LogP contribution in [0.3, 0.4) is 0 Å². The molecule has 0 amide bonds. The van der Waals surface area contributed by atoms with Gasteiger partial charge >= 0.3 is 5.97 Å². The van der Waals surface area contributed by atoms with Gasteiger partial charge in [-0.3, -0.25) is 9.59 Å². The molecule has 0 unspecified atom stereocenters. The topological polar surface area (TPSA) is 81.4 Å². The number of carboxylic acids is 1. The Labute approximate surface area is 121 Å². The molecule has 0 saturated carbocycles. The number of aliphatic carboxylic acids is 1. The van der Waals surface area contributed by atoms with Crippen molar-refractivity contribution < 1.29 is 14.6 Å². The molecule has 6 nitrogen and oxygen atoms in total. The van der Waals surface area contributed by atoms with Crippen molar-refractivity contribution in [1.29, 1.82) is 0 Å². The van der Waals surface area contributed by atoms with E-state index in [1.54, 1.807) is 19.1 Å². The SMILES string of the molecule is CCOc1ccccc1-n1nc(CC(=O)O)c(=O)cc1C. The number of hydrogen-bond donors (Lipinski definition) is 1. The predicted octanol–water partition coefficient (Wildman–Crippen LogP) is 1.57. The smallest absolute Gasteiger partial charge is 0.309 e. The minimum absolute atomic E-state index is 0.000554. The maximum atomic E-state index is 11.8. The minimum Gasteiger partial charge on any atom is -0.492 e. The Morgan fingerprint density at radius 1 is 1.38 bits per heavy atom. The van der Waals surface area contributed by atoms with E-state index < -0.39 is 12.4 Å². The van der Waals surface area contributed by atoms with Crippen LogP contribution in [-0.2, 0) is 11.2 Å². The Morgan fingerprint density at radius 2 is 2.10 bits per heavy atom. The summed E-state index contributed by atoms with van der Waals surface area (Å²) in [5, 5.41) is 13.0. The molecule has 6 heteroatoms. The molecular formula is C15H16N2O4. The highest BCUT2D eigenvalue weighted by Gasteiger charge is 2.13. The van der Waals surface area contributed by atoms with Gasteiger partial charge in [-0.1, -0.05) is 12.1 Å². The monoisotopic (exact) mass is 288 g/mol. The van der Waals surface area contributed by atoms with Crippen LogP contribution in [0.2, 0.25) is 0 Å². The molecule has 0 spiro atoms. The Balaban J connectivity index is 2.58. The number of ether oxygens (including phenoxy) is 1. The molecule has 1 aromatic carbocycles. The molecule has 110 valence electrons. The van der Waals surface area contributed by atoms with Crippen LogP contribution in [0.5, 0.6) is 5.75 Å². The van der Waals surface area contributed by atoms with Crippen LogP contribution in [0.4, 0.5) is 0 Å². The van der Waals surface area contributed by atoms with Crippen LogP contribution >= 0.6 is 0 Å². The molecule has 0 saturated heterocycles. The summed E-state index contributed by atoms with van der Waals surface area (Å²) in [6.07, 6.45) is -0.407. The summed E-state index contributed by atoms with van der Waals surface area (Å²) in [5.74, 6) is -0.464. The number of benzene rings is 1. The van der Waals surface area contributed by atoms with Crippen LogP contribution in [0.1, 0.15) is 18.3 Å². The number of carbonyl (C=O) groups is 1. The standard InChI is InChI=1S/C15H16N2O4/c1-3-21-14-7-5-4-6-12(14)17-10(2)8-13(18)11(16-17)9-15(19)20/h4-8H,3,9H2,1-2H3,(H,19,20). The second kappa shape index (κ2) is 6.21. The highest BCUT2D eigenvalue weighted by Crippen LogP contribution is 2.22. The molecule has 0 bridgehead atoms. The van der Waals surface area contributed by atoms with Gasteiger partial charge in [0.2, 0.25) is 5.43 Å². The summed E-state index contributed by atoms with van der Waals surface area (Å²) in [7, 11) is 0. The first kappa shape index (κ1) is 14.8. The Hall–Kier alpha value is -2.63. The lowest BCUT2D eigenvalue weighted by Crippen LogP contribution is -2.21. The highest BCUT2D eigenvalue weighted by atomic mass is 16.5. The summed E-state index contributed by atoms with van der Waals surface area (Å²) in [4.78, 5) is 22.6. The van der Waals surface area contributed by atoms with Crippen molar-refractivity contribution in [2.75, 3.05) is 6.61 Å². The van der Waals surface area contributed by atoms with E-state index in [1.165, 1.54) is 10.7 Å². The van der Waals surface area contributed by atoms with Crippen LogP contribution in [0, 0.1) is 6.92 Å². The van der Waals surface area contributed by atoms with Crippen LogP contribution in [-0.4, -0.2) is 27.5 Å². The molecule has 0 aliphatic rings. The fourth-order valence-corrected chi connectivity index (χ4v) is 2.00. The van der Waals surface area contributed by atoms with Gasteiger partial charge in [-0.25, -0.2) is 4.68 Å². The molecule has 0 aliphatic heterocycles. The van der Waals surface area contributed by atoms with Gasteiger partial charge in [0.05, 0.1) is 13.0 Å². The molecule has 0 atom stereocenters. The lowest BCUT2D eigenvalue weighted by Gasteiger charge is -2.14. The molecule has 2 aromatic rings. The summed E-state index contributed by atoms with van der Waals surface area (Å²) in [5.41, 5.74) is 0.907. The zero-order valence-electron chi connectivity index (χ0n) is 11.9. The van der Waals surface area contributed by atoms with E-state index >= 15 is 0 Å². The van der Waals surface area contributed by atoms with Crippen molar-refractivity contribution in [2.45, 2.75) is 20.3 Å². The van der Waals surface area contributed by atoms with Gasteiger partial charge in [-0.15, -0.1) is 0 Å². The maximum Gasteiger partial charge on any atom is 0.309 e. The second-order valence-electron chi connectivity index (χ2n) is 4.48. The molecule has 0 aliphatic carbocycles. The summed E-state index contributed by atoms with van der Waals surface area (Å²) in [6, 6.07) is 8.65. The third kappa shape index (κ3) is 3.28. The Morgan fingerprint density at radius 3 is 2.76 bits per heavy atom. The average molecular weight is 288 g/mol. The van der Waals surface area contributed by atoms with Crippen molar-refractivity contribution in [2.24, 2.45) is 0 Å². The molecule has 1 aromatic heterocycles. The molecule has 0 radical (unpaired) electrons. The predicted molar refractivity (Wildman–Crippen MR) is 77.1 cm³/mol. The first-order valence-corrected chi connectivity index (χ1v) is 6.56. The van der Waals surface area contributed by atoms with Crippen molar-refractivity contribution in [3.05, 3.63) is 51.9 Å². The van der Waals surface area contributed by atoms with Crippen LogP contribution < -0.4 is 10.2 Å². The number of aromatic nitrogens is 2. The lowest BCUT2D eigenvalue weighted by atomic mass is 10.2. The van der Waals surface area contributed by atoms with Gasteiger partial charge in [-0.2, -0.15) is 5.10 Å². The highest BCUT2D eigenvalue weighted by molar-refractivity contribution is 5.69. The molecule has 1 heterocycles. The van der Waals surface area contributed by atoms with Crippen molar-refractivity contribution in [3.63, 3.8) is 0 Å². The molecule has 1 N–H and O–H groups in total. The van der Waals surface area contributed by atoms with Crippen LogP contribution in [0.25, 0.3) is 5.69 Å². The van der Waals surface area contributed by atoms with Gasteiger partial charge in [0.15, 0.2) is 0 Å². The van der Waals surface area contributed by atoms with Gasteiger partial charge in [0.1, 0.15) is 17.1 Å². The third-order valence-electron chi connectivity index (χ3n) is 2.89. The number of carboxylic acid groups (broad SMARTS) is 1. The summed E-state index contributed by atoms with van der Waals surface area (Å²) < 4.78 is 7.07. The largest absolute Gasteiger partial charge is 0.492 e. The van der Waals surface area contributed by atoms with E-state index in [-0.39, 0.29) is 11.1 Å². The van der Waals surface area contributed by atoms with Crippen molar-refractivity contribution in [1.82, 2.24) is 9.78 Å². The maximum absolute atomic E-state index is 11.8. The third-order valence-corrected chi connectivity index (χ3v) is 2.89. The van der Waals surface area contributed by atoms with E-state index in [0.29, 0.717) is 23.7 Å². The molecule has 21 heavy (non-hydrogen) atoms. The van der Waals surface area contributed by atoms with Gasteiger partial charge in [0, 0.05) is 11.8 Å². The molecule has 2 rings (SSSR count). The first-order valence-electron chi connectivity index (χ1n) is 6.56.